The van der Waals surface area contributed by atoms with Crippen molar-refractivity contribution in [1.29, 1.82) is 0 Å². The van der Waals surface area contributed by atoms with Gasteiger partial charge < -0.3 is 14.7 Å². The maximum absolute atomic E-state index is 11.5. The number of aromatic nitrogens is 8. The first-order valence-electron chi connectivity index (χ1n) is 14.8. The van der Waals surface area contributed by atoms with E-state index in [0.717, 1.165) is 29.7 Å². The highest BCUT2D eigenvalue weighted by Gasteiger charge is 2.28. The molecular formula is C32H35N9O3. The molecule has 3 heterocycles. The van der Waals surface area contributed by atoms with Crippen LogP contribution in [-0.4, -0.2) is 57.4 Å². The zero-order chi connectivity index (χ0) is 30.5. The van der Waals surface area contributed by atoms with Crippen molar-refractivity contribution in [2.24, 2.45) is 13.0 Å². The molecule has 0 aliphatic heterocycles. The molecule has 2 aromatic carbocycles. The summed E-state index contributed by atoms with van der Waals surface area (Å²) in [5.41, 5.74) is 5.06. The van der Waals surface area contributed by atoms with Crippen LogP contribution in [-0.2, 0) is 31.5 Å². The Balaban J connectivity index is 1.19. The minimum atomic E-state index is -0.757. The highest BCUT2D eigenvalue weighted by Crippen LogP contribution is 2.30. The zero-order valence-corrected chi connectivity index (χ0v) is 24.8. The van der Waals surface area contributed by atoms with Gasteiger partial charge in [-0.2, -0.15) is 4.80 Å². The van der Waals surface area contributed by atoms with Gasteiger partial charge in [-0.15, -0.1) is 10.2 Å². The fraction of sp³-hybridized carbons (Fsp3) is 0.344. The molecule has 1 aliphatic rings. The van der Waals surface area contributed by atoms with Crippen molar-refractivity contribution in [2.45, 2.75) is 58.3 Å². The minimum absolute atomic E-state index is 0.140. The standard InChI is InChI=1S/C32H35N9O3/c1-22-29(44-26-15-9-14-25(18-26)31(42)43)17-16-27(33-22)30-28(39(2)37-34-30)21-41-36-32(35-38-41)40(19-23-10-5-3-6-11-23)20-24-12-7-4-8-13-24/h3-8,10-13,16-17,25-26H,9,14-15,18-21H2,1-2H3,(H,42,43)/t25-,26-/m0/s1. The second kappa shape index (κ2) is 13.0. The smallest absolute Gasteiger partial charge is 0.306 e. The lowest BCUT2D eigenvalue weighted by Gasteiger charge is -2.27. The fourth-order valence-corrected chi connectivity index (χ4v) is 5.58. The molecule has 12 heteroatoms. The molecule has 2 atom stereocenters. The molecule has 44 heavy (non-hydrogen) atoms. The Kier molecular flexibility index (Phi) is 8.57. The van der Waals surface area contributed by atoms with Gasteiger partial charge in [0.05, 0.1) is 29.1 Å². The minimum Gasteiger partial charge on any atom is -0.489 e. The summed E-state index contributed by atoms with van der Waals surface area (Å²) in [4.78, 5) is 19.9. The number of aryl methyl sites for hydroxylation is 2. The third-order valence-corrected chi connectivity index (χ3v) is 7.94. The number of aliphatic carboxylic acids is 1. The van der Waals surface area contributed by atoms with E-state index in [0.29, 0.717) is 61.3 Å². The van der Waals surface area contributed by atoms with Crippen LogP contribution >= 0.6 is 0 Å². The van der Waals surface area contributed by atoms with Gasteiger partial charge in [0.15, 0.2) is 0 Å². The van der Waals surface area contributed by atoms with Gasteiger partial charge >= 0.3 is 5.97 Å². The van der Waals surface area contributed by atoms with E-state index in [1.54, 1.807) is 9.48 Å². The van der Waals surface area contributed by atoms with E-state index < -0.39 is 5.97 Å². The molecule has 1 saturated carbocycles. The molecule has 5 aromatic rings. The Morgan fingerprint density at radius 1 is 0.955 bits per heavy atom. The number of pyridine rings is 1. The van der Waals surface area contributed by atoms with E-state index in [2.05, 4.69) is 49.8 Å². The number of rotatable bonds is 11. The average Bonchev–Trinajstić information content (AvgIpc) is 3.66. The van der Waals surface area contributed by atoms with E-state index in [4.69, 9.17) is 14.8 Å². The predicted octanol–water partition coefficient (Wildman–Crippen LogP) is 4.45. The molecule has 0 saturated heterocycles. The largest absolute Gasteiger partial charge is 0.489 e. The first-order chi connectivity index (χ1) is 21.4. The summed E-state index contributed by atoms with van der Waals surface area (Å²) in [6, 6.07) is 24.2. The molecule has 1 N–H and O–H groups in total. The normalized spacial score (nSPS) is 16.5. The van der Waals surface area contributed by atoms with Gasteiger partial charge in [-0.1, -0.05) is 71.0 Å². The Hall–Kier alpha value is -5.13. The van der Waals surface area contributed by atoms with Crippen LogP contribution in [0.4, 0.5) is 5.95 Å². The SMILES string of the molecule is Cc1nc(-c2nnn(C)c2Cn2nnc(N(Cc3ccccc3)Cc3ccccc3)n2)ccc1O[C@H]1CCC[C@H](C(=O)O)C1. The molecule has 12 nitrogen and oxygen atoms in total. The monoisotopic (exact) mass is 593 g/mol. The van der Waals surface area contributed by atoms with Gasteiger partial charge in [0.1, 0.15) is 18.0 Å². The Bertz CT molecular complexity index is 1660. The van der Waals surface area contributed by atoms with E-state index in [1.807, 2.05) is 62.5 Å². The second-order valence-corrected chi connectivity index (χ2v) is 11.2. The van der Waals surface area contributed by atoms with Crippen molar-refractivity contribution in [3.05, 3.63) is 95.3 Å². The van der Waals surface area contributed by atoms with E-state index in [1.165, 1.54) is 0 Å². The van der Waals surface area contributed by atoms with Gasteiger partial charge in [0.25, 0.3) is 5.95 Å². The second-order valence-electron chi connectivity index (χ2n) is 11.2. The van der Waals surface area contributed by atoms with E-state index >= 15 is 0 Å². The van der Waals surface area contributed by atoms with Crippen LogP contribution in [0.15, 0.2) is 72.8 Å². The number of carbonyl (C=O) groups is 1. The van der Waals surface area contributed by atoms with Crippen molar-refractivity contribution >= 4 is 11.9 Å². The first-order valence-corrected chi connectivity index (χ1v) is 14.8. The summed E-state index contributed by atoms with van der Waals surface area (Å²) < 4.78 is 7.89. The van der Waals surface area contributed by atoms with E-state index in [-0.39, 0.29) is 12.0 Å². The molecule has 226 valence electrons. The molecule has 0 bridgehead atoms. The van der Waals surface area contributed by atoms with Gasteiger partial charge in [-0.05, 0) is 61.1 Å². The summed E-state index contributed by atoms with van der Waals surface area (Å²) in [6.45, 7) is 3.45. The lowest BCUT2D eigenvalue weighted by molar-refractivity contribution is -0.143. The number of anilines is 1. The average molecular weight is 594 g/mol. The van der Waals surface area contributed by atoms with Gasteiger partial charge in [-0.3, -0.25) is 4.79 Å². The quantitative estimate of drug-likeness (QED) is 0.234. The van der Waals surface area contributed by atoms with Crippen LogP contribution in [0.2, 0.25) is 0 Å². The third kappa shape index (κ3) is 6.74. The molecule has 3 aromatic heterocycles. The van der Waals surface area contributed by atoms with Crippen molar-refractivity contribution in [1.82, 2.24) is 40.2 Å². The summed E-state index contributed by atoms with van der Waals surface area (Å²) in [7, 11) is 1.83. The molecule has 0 spiro atoms. The number of nitrogens with zero attached hydrogens (tertiary/aromatic N) is 9. The summed E-state index contributed by atoms with van der Waals surface area (Å²) in [5, 5.41) is 31.6. The van der Waals surface area contributed by atoms with Crippen LogP contribution < -0.4 is 9.64 Å². The number of carboxylic acid groups (broad SMARTS) is 1. The summed E-state index contributed by atoms with van der Waals surface area (Å²) in [6.07, 6.45) is 2.73. The molecule has 0 radical (unpaired) electrons. The Labute approximate surface area is 255 Å². The topological polar surface area (TPSA) is 137 Å². The zero-order valence-electron chi connectivity index (χ0n) is 24.8. The van der Waals surface area contributed by atoms with Crippen LogP contribution in [0, 0.1) is 12.8 Å². The molecule has 0 amide bonds. The van der Waals surface area contributed by atoms with Gasteiger partial charge in [0, 0.05) is 20.1 Å². The highest BCUT2D eigenvalue weighted by atomic mass is 16.5. The first kappa shape index (κ1) is 29.0. The summed E-state index contributed by atoms with van der Waals surface area (Å²) in [5.74, 6) is 0.0540. The van der Waals surface area contributed by atoms with Crippen molar-refractivity contribution in [3.63, 3.8) is 0 Å². The van der Waals surface area contributed by atoms with E-state index in [9.17, 15) is 9.90 Å². The maximum atomic E-state index is 11.5. The number of hydrogen-bond acceptors (Lipinski definition) is 9. The number of tetrazole rings is 1. The Morgan fingerprint density at radius 3 is 2.32 bits per heavy atom. The number of hydrogen-bond donors (Lipinski definition) is 1. The molecule has 1 aliphatic carbocycles. The third-order valence-electron chi connectivity index (χ3n) is 7.94. The highest BCUT2D eigenvalue weighted by molar-refractivity contribution is 5.70. The lowest BCUT2D eigenvalue weighted by Crippen LogP contribution is -2.29. The summed E-state index contributed by atoms with van der Waals surface area (Å²) >= 11 is 0. The van der Waals surface area contributed by atoms with Crippen LogP contribution in [0.5, 0.6) is 5.75 Å². The molecular weight excluding hydrogens is 558 g/mol. The van der Waals surface area contributed by atoms with Crippen molar-refractivity contribution < 1.29 is 14.6 Å². The number of carboxylic acids is 1. The number of ether oxygens (including phenoxy) is 1. The van der Waals surface area contributed by atoms with Crippen molar-refractivity contribution in [3.8, 4) is 17.1 Å². The lowest BCUT2D eigenvalue weighted by atomic mass is 9.87. The van der Waals surface area contributed by atoms with Gasteiger partial charge in [-0.25, -0.2) is 9.67 Å². The van der Waals surface area contributed by atoms with Crippen molar-refractivity contribution in [2.75, 3.05) is 4.90 Å². The van der Waals surface area contributed by atoms with Gasteiger partial charge in [0.2, 0.25) is 0 Å². The predicted molar refractivity (Wildman–Crippen MR) is 163 cm³/mol. The van der Waals surface area contributed by atoms with Crippen LogP contribution in [0.25, 0.3) is 11.4 Å². The Morgan fingerprint density at radius 2 is 1.66 bits per heavy atom. The van der Waals surface area contributed by atoms with Crippen LogP contribution in [0.3, 0.4) is 0 Å². The number of benzene rings is 2. The maximum Gasteiger partial charge on any atom is 0.306 e. The van der Waals surface area contributed by atoms with Crippen LogP contribution in [0.1, 0.15) is 48.2 Å². The molecule has 0 unspecified atom stereocenters. The molecule has 1 fully saturated rings. The fourth-order valence-electron chi connectivity index (χ4n) is 5.58. The molecule has 6 rings (SSSR count).